The fraction of sp³-hybridized carbons (Fsp3) is 0.500. The third-order valence-electron chi connectivity index (χ3n) is 5.70. The SMILES string of the molecule is C=CC(=O)N1CCC(c2nccn(C(/N=C\C(=C/C)C(C)(C)F)=C(/C)CC)c2=O)CC1. The molecule has 1 aliphatic rings. The van der Waals surface area contributed by atoms with Gasteiger partial charge in [-0.3, -0.25) is 19.1 Å². The average molecular weight is 429 g/mol. The Hall–Kier alpha value is -2.83. The van der Waals surface area contributed by atoms with Gasteiger partial charge in [-0.25, -0.2) is 9.38 Å². The number of hydrogen-bond acceptors (Lipinski definition) is 4. The first-order valence-electron chi connectivity index (χ1n) is 10.7. The molecule has 0 aromatic carbocycles. The Morgan fingerprint density at radius 2 is 2.03 bits per heavy atom. The summed E-state index contributed by atoms with van der Waals surface area (Å²) in [5.41, 5.74) is 0.0678. The number of aromatic nitrogens is 2. The predicted molar refractivity (Wildman–Crippen MR) is 124 cm³/mol. The van der Waals surface area contributed by atoms with E-state index in [-0.39, 0.29) is 17.4 Å². The van der Waals surface area contributed by atoms with E-state index in [9.17, 15) is 14.0 Å². The van der Waals surface area contributed by atoms with Crippen LogP contribution in [0.4, 0.5) is 4.39 Å². The molecule has 1 aromatic heterocycles. The lowest BCUT2D eigenvalue weighted by molar-refractivity contribution is -0.127. The zero-order valence-electron chi connectivity index (χ0n) is 19.2. The lowest BCUT2D eigenvalue weighted by Crippen LogP contribution is -2.38. The van der Waals surface area contributed by atoms with E-state index in [0.29, 0.717) is 49.4 Å². The number of rotatable bonds is 7. The van der Waals surface area contributed by atoms with Gasteiger partial charge in [-0.15, -0.1) is 0 Å². The van der Waals surface area contributed by atoms with Crippen molar-refractivity contribution in [2.45, 2.75) is 65.5 Å². The molecular formula is C24H33FN4O2. The highest BCUT2D eigenvalue weighted by Gasteiger charge is 2.26. The van der Waals surface area contributed by atoms with Crippen molar-refractivity contribution in [3.05, 3.63) is 58.3 Å². The first kappa shape index (κ1) is 24.4. The number of hydrogen-bond donors (Lipinski definition) is 0. The number of aliphatic imine (C=N–C) groups is 1. The van der Waals surface area contributed by atoms with Gasteiger partial charge in [0.1, 0.15) is 17.2 Å². The fourth-order valence-corrected chi connectivity index (χ4v) is 3.61. The summed E-state index contributed by atoms with van der Waals surface area (Å²) in [4.78, 5) is 35.8. The van der Waals surface area contributed by atoms with E-state index in [2.05, 4.69) is 16.6 Å². The van der Waals surface area contributed by atoms with Crippen molar-refractivity contribution in [1.29, 1.82) is 0 Å². The molecular weight excluding hydrogens is 395 g/mol. The van der Waals surface area contributed by atoms with Gasteiger partial charge in [0.15, 0.2) is 0 Å². The van der Waals surface area contributed by atoms with Crippen molar-refractivity contribution >= 4 is 17.9 Å². The summed E-state index contributed by atoms with van der Waals surface area (Å²) in [7, 11) is 0. The first-order valence-corrected chi connectivity index (χ1v) is 10.7. The van der Waals surface area contributed by atoms with Gasteiger partial charge in [-0.2, -0.15) is 0 Å². The van der Waals surface area contributed by atoms with Crippen molar-refractivity contribution in [3.8, 4) is 0 Å². The summed E-state index contributed by atoms with van der Waals surface area (Å²) in [6, 6.07) is 0. The van der Waals surface area contributed by atoms with Crippen LogP contribution in [-0.4, -0.2) is 45.3 Å². The number of carbonyl (C=O) groups is 1. The molecule has 2 heterocycles. The van der Waals surface area contributed by atoms with Crippen LogP contribution in [0.2, 0.25) is 0 Å². The Balaban J connectivity index is 2.40. The van der Waals surface area contributed by atoms with Crippen LogP contribution in [0.5, 0.6) is 0 Å². The topological polar surface area (TPSA) is 67.6 Å². The van der Waals surface area contributed by atoms with E-state index in [1.165, 1.54) is 30.7 Å². The Morgan fingerprint density at radius 3 is 2.55 bits per heavy atom. The number of allylic oxidation sites excluding steroid dienone is 3. The van der Waals surface area contributed by atoms with Crippen molar-refractivity contribution in [2.75, 3.05) is 13.1 Å². The van der Waals surface area contributed by atoms with Gasteiger partial charge in [-0.1, -0.05) is 19.6 Å². The standard InChI is InChI=1S/C24H33FN4O2/c1-7-17(4)22(27-16-19(8-2)24(5,6)25)29-15-12-26-21(23(29)31)18-10-13-28(14-11-18)20(30)9-3/h8-9,12,15-16,18H,3,7,10-11,13-14H2,1-2,4-6H3/b19-8+,22-17-,27-16-. The van der Waals surface area contributed by atoms with Crippen LogP contribution < -0.4 is 5.56 Å². The van der Waals surface area contributed by atoms with E-state index >= 15 is 0 Å². The Labute approximate surface area is 183 Å². The molecule has 31 heavy (non-hydrogen) atoms. The van der Waals surface area contributed by atoms with E-state index in [0.717, 1.165) is 5.57 Å². The Kier molecular flexibility index (Phi) is 8.25. The van der Waals surface area contributed by atoms with Gasteiger partial charge in [0.2, 0.25) is 5.91 Å². The number of amides is 1. The van der Waals surface area contributed by atoms with Crippen molar-refractivity contribution in [3.63, 3.8) is 0 Å². The largest absolute Gasteiger partial charge is 0.339 e. The van der Waals surface area contributed by atoms with E-state index in [1.807, 2.05) is 13.8 Å². The molecule has 0 N–H and O–H groups in total. The smallest absolute Gasteiger partial charge is 0.278 e. The van der Waals surface area contributed by atoms with E-state index in [1.54, 1.807) is 30.3 Å². The van der Waals surface area contributed by atoms with Crippen LogP contribution in [0.1, 0.15) is 65.5 Å². The maximum absolute atomic E-state index is 14.4. The van der Waals surface area contributed by atoms with Crippen molar-refractivity contribution in [2.24, 2.45) is 4.99 Å². The minimum atomic E-state index is -1.53. The number of carbonyl (C=O) groups excluding carboxylic acids is 1. The van der Waals surface area contributed by atoms with Crippen LogP contribution in [0, 0.1) is 0 Å². The summed E-state index contributed by atoms with van der Waals surface area (Å²) >= 11 is 0. The number of halogens is 1. The van der Waals surface area contributed by atoms with E-state index < -0.39 is 5.67 Å². The molecule has 0 saturated carbocycles. The molecule has 6 nitrogen and oxygen atoms in total. The number of likely N-dealkylation sites (tertiary alicyclic amines) is 1. The summed E-state index contributed by atoms with van der Waals surface area (Å²) < 4.78 is 15.9. The van der Waals surface area contributed by atoms with Gasteiger partial charge in [0.25, 0.3) is 5.56 Å². The van der Waals surface area contributed by atoms with Crippen LogP contribution >= 0.6 is 0 Å². The zero-order valence-corrected chi connectivity index (χ0v) is 19.2. The molecule has 1 fully saturated rings. The van der Waals surface area contributed by atoms with Crippen LogP contribution in [0.3, 0.4) is 0 Å². The lowest BCUT2D eigenvalue weighted by Gasteiger charge is -2.30. The Bertz CT molecular complexity index is 959. The molecule has 0 spiro atoms. The van der Waals surface area contributed by atoms with Gasteiger partial charge in [0, 0.05) is 43.2 Å². The lowest BCUT2D eigenvalue weighted by atomic mass is 9.93. The van der Waals surface area contributed by atoms with Crippen molar-refractivity contribution in [1.82, 2.24) is 14.5 Å². The summed E-state index contributed by atoms with van der Waals surface area (Å²) in [6.45, 7) is 13.3. The molecule has 0 radical (unpaired) electrons. The summed E-state index contributed by atoms with van der Waals surface area (Å²) in [5.74, 6) is 0.362. The molecule has 2 rings (SSSR count). The van der Waals surface area contributed by atoms with Gasteiger partial charge in [0.05, 0.1) is 0 Å². The van der Waals surface area contributed by atoms with Crippen molar-refractivity contribution < 1.29 is 9.18 Å². The van der Waals surface area contributed by atoms with Crippen LogP contribution in [0.25, 0.3) is 5.82 Å². The normalized spacial score (nSPS) is 17.1. The second-order valence-electron chi connectivity index (χ2n) is 8.22. The highest BCUT2D eigenvalue weighted by atomic mass is 19.1. The minimum Gasteiger partial charge on any atom is -0.339 e. The third kappa shape index (κ3) is 5.87. The zero-order chi connectivity index (χ0) is 23.2. The fourth-order valence-electron chi connectivity index (χ4n) is 3.61. The number of nitrogens with zero attached hydrogens (tertiary/aromatic N) is 4. The quantitative estimate of drug-likeness (QED) is 0.474. The minimum absolute atomic E-state index is 0.0307. The molecule has 1 amide bonds. The third-order valence-corrected chi connectivity index (χ3v) is 5.70. The second kappa shape index (κ2) is 10.5. The number of alkyl halides is 1. The van der Waals surface area contributed by atoms with Crippen LogP contribution in [-0.2, 0) is 4.79 Å². The number of piperidine rings is 1. The monoisotopic (exact) mass is 428 g/mol. The van der Waals surface area contributed by atoms with Crippen LogP contribution in [0.15, 0.2) is 52.1 Å². The first-order chi connectivity index (χ1) is 14.6. The maximum Gasteiger partial charge on any atom is 0.278 e. The molecule has 1 aliphatic heterocycles. The molecule has 0 aliphatic carbocycles. The van der Waals surface area contributed by atoms with Gasteiger partial charge < -0.3 is 4.90 Å². The van der Waals surface area contributed by atoms with Gasteiger partial charge >= 0.3 is 0 Å². The molecule has 7 heteroatoms. The molecule has 0 bridgehead atoms. The summed E-state index contributed by atoms with van der Waals surface area (Å²) in [6.07, 6.45) is 9.72. The molecule has 1 aromatic rings. The molecule has 0 unspecified atom stereocenters. The Morgan fingerprint density at radius 1 is 1.39 bits per heavy atom. The molecule has 168 valence electrons. The highest BCUT2D eigenvalue weighted by molar-refractivity contribution is 5.87. The summed E-state index contributed by atoms with van der Waals surface area (Å²) in [5, 5.41) is 0. The second-order valence-corrected chi connectivity index (χ2v) is 8.22. The molecule has 1 saturated heterocycles. The highest BCUT2D eigenvalue weighted by Crippen LogP contribution is 2.26. The average Bonchev–Trinajstić information content (AvgIpc) is 2.75. The van der Waals surface area contributed by atoms with E-state index in [4.69, 9.17) is 0 Å². The molecule has 0 atom stereocenters. The van der Waals surface area contributed by atoms with Gasteiger partial charge in [-0.05, 0) is 58.6 Å². The maximum atomic E-state index is 14.4. The predicted octanol–water partition coefficient (Wildman–Crippen LogP) is 4.50.